The fourth-order valence-corrected chi connectivity index (χ4v) is 2.57. The maximum atomic E-state index is 5.99. The molecule has 1 aromatic carbocycles. The number of ether oxygens (including phenoxy) is 2. The fraction of sp³-hybridized carbons (Fsp3) is 0.500. The molecule has 0 aliphatic rings. The molecular weight excluding hydrogens is 242 g/mol. The predicted molar refractivity (Wildman–Crippen MR) is 76.3 cm³/mol. The minimum atomic E-state index is -0.0287. The van der Waals surface area contributed by atoms with Crippen molar-refractivity contribution in [3.05, 3.63) is 17.7 Å². The van der Waals surface area contributed by atoms with Crippen molar-refractivity contribution in [3.63, 3.8) is 0 Å². The molecule has 5 nitrogen and oxygen atoms in total. The van der Waals surface area contributed by atoms with Crippen molar-refractivity contribution in [3.8, 4) is 5.75 Å². The van der Waals surface area contributed by atoms with Gasteiger partial charge in [0, 0.05) is 19.7 Å². The largest absolute Gasteiger partial charge is 0.496 e. The molecule has 2 aromatic rings. The number of aromatic nitrogens is 2. The number of hydrogen-bond donors (Lipinski definition) is 1. The van der Waals surface area contributed by atoms with Gasteiger partial charge in [0.25, 0.3) is 0 Å². The summed E-state index contributed by atoms with van der Waals surface area (Å²) in [6.45, 7) is 4.23. The van der Waals surface area contributed by atoms with Gasteiger partial charge >= 0.3 is 0 Å². The topological polar surface area (TPSA) is 62.3 Å². The highest BCUT2D eigenvalue weighted by Gasteiger charge is 2.23. The number of hydrogen-bond acceptors (Lipinski definition) is 4. The van der Waals surface area contributed by atoms with E-state index >= 15 is 0 Å². The van der Waals surface area contributed by atoms with Crippen molar-refractivity contribution in [1.82, 2.24) is 9.78 Å². The summed E-state index contributed by atoms with van der Waals surface area (Å²) in [4.78, 5) is 0. The normalized spacial score (nSPS) is 13.2. The number of benzene rings is 1. The molecule has 0 aliphatic heterocycles. The average Bonchev–Trinajstić information content (AvgIpc) is 2.65. The summed E-state index contributed by atoms with van der Waals surface area (Å²) in [6, 6.07) is 4.03. The molecule has 5 heteroatoms. The zero-order chi connectivity index (χ0) is 14.2. The van der Waals surface area contributed by atoms with Crippen LogP contribution in [0.4, 0.5) is 5.82 Å². The second-order valence-electron chi connectivity index (χ2n) is 4.99. The van der Waals surface area contributed by atoms with Gasteiger partial charge in [0.05, 0.1) is 24.1 Å². The molecule has 1 heterocycles. The Morgan fingerprint density at radius 2 is 1.95 bits per heavy atom. The zero-order valence-corrected chi connectivity index (χ0v) is 12.1. The van der Waals surface area contributed by atoms with Crippen LogP contribution in [0, 0.1) is 5.92 Å². The molecule has 0 spiro atoms. The summed E-state index contributed by atoms with van der Waals surface area (Å²) in [7, 11) is 5.23. The Kier molecular flexibility index (Phi) is 3.66. The molecule has 1 atom stereocenters. The second kappa shape index (κ2) is 5.09. The highest BCUT2D eigenvalue weighted by atomic mass is 16.5. The highest BCUT2D eigenvalue weighted by molar-refractivity contribution is 5.95. The molecule has 0 saturated heterocycles. The van der Waals surface area contributed by atoms with Crippen LogP contribution in [-0.2, 0) is 11.8 Å². The lowest BCUT2D eigenvalue weighted by molar-refractivity contribution is 0.0627. The predicted octanol–water partition coefficient (Wildman–Crippen LogP) is 2.51. The molecule has 0 fully saturated rings. The van der Waals surface area contributed by atoms with Crippen LogP contribution in [0.25, 0.3) is 10.9 Å². The van der Waals surface area contributed by atoms with Crippen LogP contribution in [0.2, 0.25) is 0 Å². The lowest BCUT2D eigenvalue weighted by Crippen LogP contribution is -2.10. The maximum absolute atomic E-state index is 5.99. The highest BCUT2D eigenvalue weighted by Crippen LogP contribution is 2.39. The van der Waals surface area contributed by atoms with Crippen LogP contribution in [0.1, 0.15) is 25.5 Å². The number of anilines is 1. The first-order valence-corrected chi connectivity index (χ1v) is 6.33. The Morgan fingerprint density at radius 1 is 1.26 bits per heavy atom. The Bertz CT molecular complexity index is 590. The number of rotatable bonds is 4. The van der Waals surface area contributed by atoms with Gasteiger partial charge in [-0.15, -0.1) is 0 Å². The maximum Gasteiger partial charge on any atom is 0.157 e. The first-order chi connectivity index (χ1) is 9.01. The van der Waals surface area contributed by atoms with Gasteiger partial charge in [0.15, 0.2) is 5.82 Å². The molecule has 0 bridgehead atoms. The molecule has 0 amide bonds. The van der Waals surface area contributed by atoms with Crippen LogP contribution in [0.15, 0.2) is 12.1 Å². The van der Waals surface area contributed by atoms with Gasteiger partial charge in [-0.1, -0.05) is 19.9 Å². The third kappa shape index (κ3) is 2.14. The van der Waals surface area contributed by atoms with Gasteiger partial charge in [0.1, 0.15) is 5.75 Å². The van der Waals surface area contributed by atoms with Crippen molar-refractivity contribution in [1.29, 1.82) is 0 Å². The van der Waals surface area contributed by atoms with E-state index in [0.29, 0.717) is 11.7 Å². The van der Waals surface area contributed by atoms with Gasteiger partial charge in [-0.05, 0) is 12.0 Å². The van der Waals surface area contributed by atoms with Gasteiger partial charge in [-0.3, -0.25) is 4.68 Å². The van der Waals surface area contributed by atoms with Gasteiger partial charge in [0.2, 0.25) is 0 Å². The van der Waals surface area contributed by atoms with E-state index in [1.165, 1.54) is 0 Å². The molecule has 0 saturated carbocycles. The number of nitrogen functional groups attached to an aromatic ring is 1. The van der Waals surface area contributed by atoms with Gasteiger partial charge in [-0.25, -0.2) is 0 Å². The monoisotopic (exact) mass is 263 g/mol. The molecule has 0 aliphatic carbocycles. The summed E-state index contributed by atoms with van der Waals surface area (Å²) in [5.41, 5.74) is 7.95. The van der Waals surface area contributed by atoms with Crippen molar-refractivity contribution >= 4 is 16.7 Å². The van der Waals surface area contributed by atoms with E-state index < -0.39 is 0 Å². The first-order valence-electron chi connectivity index (χ1n) is 6.33. The SMILES string of the molecule is COc1c(C(OC)C(C)C)ccc2c1c(N)nn2C. The number of nitrogens with zero attached hydrogens (tertiary/aromatic N) is 2. The minimum absolute atomic E-state index is 0.0287. The summed E-state index contributed by atoms with van der Waals surface area (Å²) < 4.78 is 12.9. The Hall–Kier alpha value is -1.75. The van der Waals surface area contributed by atoms with E-state index in [0.717, 1.165) is 22.2 Å². The molecule has 2 N–H and O–H groups in total. The fourth-order valence-electron chi connectivity index (χ4n) is 2.57. The van der Waals surface area contributed by atoms with Gasteiger partial charge < -0.3 is 15.2 Å². The molecule has 0 radical (unpaired) electrons. The van der Waals surface area contributed by atoms with Crippen LogP contribution in [0.5, 0.6) is 5.75 Å². The van der Waals surface area contributed by atoms with Crippen molar-refractivity contribution < 1.29 is 9.47 Å². The molecule has 1 aromatic heterocycles. The van der Waals surface area contributed by atoms with E-state index in [1.54, 1.807) is 18.9 Å². The van der Waals surface area contributed by atoms with E-state index in [-0.39, 0.29) is 6.10 Å². The van der Waals surface area contributed by atoms with Crippen molar-refractivity contribution in [2.45, 2.75) is 20.0 Å². The minimum Gasteiger partial charge on any atom is -0.496 e. The quantitative estimate of drug-likeness (QED) is 0.920. The van der Waals surface area contributed by atoms with E-state index in [2.05, 4.69) is 18.9 Å². The van der Waals surface area contributed by atoms with Crippen LogP contribution < -0.4 is 10.5 Å². The number of fused-ring (bicyclic) bond motifs is 1. The standard InChI is InChI=1S/C14H21N3O2/c1-8(2)12(18-4)9-6-7-10-11(13(9)19-5)14(15)16-17(10)3/h6-8,12H,1-5H3,(H2,15,16). The number of aryl methyl sites for hydroxylation is 1. The number of nitrogens with two attached hydrogens (primary N) is 1. The molecule has 2 rings (SSSR count). The Labute approximate surface area is 113 Å². The van der Waals surface area contributed by atoms with Crippen LogP contribution >= 0.6 is 0 Å². The summed E-state index contributed by atoms with van der Waals surface area (Å²) in [5, 5.41) is 5.10. The van der Waals surface area contributed by atoms with Crippen molar-refractivity contribution in [2.75, 3.05) is 20.0 Å². The average molecular weight is 263 g/mol. The summed E-state index contributed by atoms with van der Waals surface area (Å²) in [5.74, 6) is 1.58. The lowest BCUT2D eigenvalue weighted by atomic mass is 9.96. The molecule has 19 heavy (non-hydrogen) atoms. The third-order valence-corrected chi connectivity index (χ3v) is 3.40. The molecule has 104 valence electrons. The third-order valence-electron chi connectivity index (χ3n) is 3.40. The van der Waals surface area contributed by atoms with E-state index in [1.807, 2.05) is 19.2 Å². The van der Waals surface area contributed by atoms with E-state index in [9.17, 15) is 0 Å². The zero-order valence-electron chi connectivity index (χ0n) is 12.1. The van der Waals surface area contributed by atoms with Crippen LogP contribution in [0.3, 0.4) is 0 Å². The number of methoxy groups -OCH3 is 2. The van der Waals surface area contributed by atoms with Crippen molar-refractivity contribution in [2.24, 2.45) is 13.0 Å². The Morgan fingerprint density at radius 3 is 2.47 bits per heavy atom. The Balaban J connectivity index is 2.72. The van der Waals surface area contributed by atoms with Crippen LogP contribution in [-0.4, -0.2) is 24.0 Å². The summed E-state index contributed by atoms with van der Waals surface area (Å²) in [6.07, 6.45) is -0.0287. The molecular formula is C14H21N3O2. The first kappa shape index (κ1) is 13.7. The van der Waals surface area contributed by atoms with E-state index in [4.69, 9.17) is 15.2 Å². The second-order valence-corrected chi connectivity index (χ2v) is 4.99. The molecule has 1 unspecified atom stereocenters. The smallest absolute Gasteiger partial charge is 0.157 e. The van der Waals surface area contributed by atoms with Gasteiger partial charge in [-0.2, -0.15) is 5.10 Å². The summed E-state index contributed by atoms with van der Waals surface area (Å²) >= 11 is 0. The lowest BCUT2D eigenvalue weighted by Gasteiger charge is -2.22.